The van der Waals surface area contributed by atoms with E-state index in [0.29, 0.717) is 5.11 Å². The zero-order valence-corrected chi connectivity index (χ0v) is 16.5. The molecule has 2 aromatic carbocycles. The van der Waals surface area contributed by atoms with E-state index in [1.54, 1.807) is 0 Å². The zero-order valence-electron chi connectivity index (χ0n) is 15.6. The minimum atomic E-state index is -0.674. The SMILES string of the molecule is CC1CCCN(c2ccc(C(C)NC(=S)Nc3ccc(F)cc3F)cc2)C1. The third-order valence-corrected chi connectivity index (χ3v) is 5.16. The first-order valence-corrected chi connectivity index (χ1v) is 9.70. The molecule has 27 heavy (non-hydrogen) atoms. The fourth-order valence-corrected chi connectivity index (χ4v) is 3.71. The molecule has 3 rings (SSSR count). The Morgan fingerprint density at radius 1 is 1.19 bits per heavy atom. The summed E-state index contributed by atoms with van der Waals surface area (Å²) in [5.74, 6) is -0.560. The molecule has 0 aromatic heterocycles. The Morgan fingerprint density at radius 3 is 2.59 bits per heavy atom. The number of piperidine rings is 1. The highest BCUT2D eigenvalue weighted by Crippen LogP contribution is 2.24. The molecule has 1 aliphatic rings. The summed E-state index contributed by atoms with van der Waals surface area (Å²) in [4.78, 5) is 2.43. The summed E-state index contributed by atoms with van der Waals surface area (Å²) in [6, 6.07) is 11.8. The molecule has 144 valence electrons. The molecule has 0 aliphatic carbocycles. The molecule has 0 amide bonds. The molecule has 2 N–H and O–H groups in total. The topological polar surface area (TPSA) is 27.3 Å². The zero-order chi connectivity index (χ0) is 19.4. The van der Waals surface area contributed by atoms with Gasteiger partial charge in [-0.05, 0) is 67.7 Å². The first kappa shape index (κ1) is 19.5. The Labute approximate surface area is 164 Å². The minimum Gasteiger partial charge on any atom is -0.371 e. The van der Waals surface area contributed by atoms with Crippen molar-refractivity contribution < 1.29 is 8.78 Å². The summed E-state index contributed by atoms with van der Waals surface area (Å²) in [7, 11) is 0. The van der Waals surface area contributed by atoms with Gasteiger partial charge in [-0.3, -0.25) is 0 Å². The lowest BCUT2D eigenvalue weighted by Gasteiger charge is -2.33. The summed E-state index contributed by atoms with van der Waals surface area (Å²) in [5.41, 5.74) is 2.48. The van der Waals surface area contributed by atoms with E-state index in [4.69, 9.17) is 12.2 Å². The predicted octanol–water partition coefficient (Wildman–Crippen LogP) is 5.25. The number of nitrogens with one attached hydrogen (secondary N) is 2. The summed E-state index contributed by atoms with van der Waals surface area (Å²) < 4.78 is 26.7. The molecular formula is C21H25F2N3S. The Morgan fingerprint density at radius 2 is 1.93 bits per heavy atom. The van der Waals surface area contributed by atoms with E-state index in [9.17, 15) is 8.78 Å². The average molecular weight is 390 g/mol. The maximum absolute atomic E-state index is 13.7. The largest absolute Gasteiger partial charge is 0.371 e. The van der Waals surface area contributed by atoms with E-state index < -0.39 is 11.6 Å². The van der Waals surface area contributed by atoms with Gasteiger partial charge in [-0.2, -0.15) is 0 Å². The van der Waals surface area contributed by atoms with Crippen molar-refractivity contribution in [3.63, 3.8) is 0 Å². The summed E-state index contributed by atoms with van der Waals surface area (Å²) in [6.07, 6.45) is 2.54. The van der Waals surface area contributed by atoms with Crippen molar-refractivity contribution >= 4 is 28.7 Å². The van der Waals surface area contributed by atoms with E-state index in [-0.39, 0.29) is 11.7 Å². The number of benzene rings is 2. The van der Waals surface area contributed by atoms with Gasteiger partial charge in [0, 0.05) is 24.8 Å². The van der Waals surface area contributed by atoms with Crippen LogP contribution in [0, 0.1) is 17.6 Å². The molecule has 0 saturated carbocycles. The van der Waals surface area contributed by atoms with Gasteiger partial charge in [0.2, 0.25) is 0 Å². The molecule has 0 bridgehead atoms. The van der Waals surface area contributed by atoms with Crippen molar-refractivity contribution in [2.24, 2.45) is 5.92 Å². The highest BCUT2D eigenvalue weighted by molar-refractivity contribution is 7.80. The summed E-state index contributed by atoms with van der Waals surface area (Å²) in [5, 5.41) is 6.21. The third-order valence-electron chi connectivity index (χ3n) is 4.94. The maximum atomic E-state index is 13.7. The number of hydrogen-bond acceptors (Lipinski definition) is 2. The Kier molecular flexibility index (Phi) is 6.26. The first-order chi connectivity index (χ1) is 12.9. The molecule has 2 unspecified atom stereocenters. The fourth-order valence-electron chi connectivity index (χ4n) is 3.43. The van der Waals surface area contributed by atoms with Crippen LogP contribution < -0.4 is 15.5 Å². The van der Waals surface area contributed by atoms with Crippen molar-refractivity contribution in [2.75, 3.05) is 23.3 Å². The molecule has 2 aromatic rings. The number of hydrogen-bond donors (Lipinski definition) is 2. The van der Waals surface area contributed by atoms with Crippen LogP contribution in [0.1, 0.15) is 38.3 Å². The minimum absolute atomic E-state index is 0.0390. The van der Waals surface area contributed by atoms with E-state index in [1.807, 2.05) is 6.92 Å². The van der Waals surface area contributed by atoms with Crippen LogP contribution >= 0.6 is 12.2 Å². The molecule has 1 saturated heterocycles. The van der Waals surface area contributed by atoms with Crippen LogP contribution in [0.15, 0.2) is 42.5 Å². The molecule has 1 heterocycles. The number of thiocarbonyl (C=S) groups is 1. The van der Waals surface area contributed by atoms with Crippen molar-refractivity contribution in [2.45, 2.75) is 32.7 Å². The van der Waals surface area contributed by atoms with Crippen LogP contribution in [-0.2, 0) is 0 Å². The Hall–Kier alpha value is -2.21. The van der Waals surface area contributed by atoms with Gasteiger partial charge >= 0.3 is 0 Å². The van der Waals surface area contributed by atoms with Crippen LogP contribution in [0.4, 0.5) is 20.2 Å². The van der Waals surface area contributed by atoms with Gasteiger partial charge < -0.3 is 15.5 Å². The molecule has 0 spiro atoms. The molecule has 3 nitrogen and oxygen atoms in total. The Bertz CT molecular complexity index is 795. The monoisotopic (exact) mass is 389 g/mol. The highest BCUT2D eigenvalue weighted by Gasteiger charge is 2.17. The summed E-state index contributed by atoms with van der Waals surface area (Å²) >= 11 is 5.26. The van der Waals surface area contributed by atoms with Gasteiger partial charge in [-0.25, -0.2) is 8.78 Å². The van der Waals surface area contributed by atoms with Gasteiger partial charge in [0.25, 0.3) is 0 Å². The van der Waals surface area contributed by atoms with Crippen molar-refractivity contribution in [3.05, 3.63) is 59.7 Å². The average Bonchev–Trinajstić information content (AvgIpc) is 2.64. The van der Waals surface area contributed by atoms with Crippen molar-refractivity contribution in [1.82, 2.24) is 5.32 Å². The third kappa shape index (κ3) is 5.16. The van der Waals surface area contributed by atoms with Gasteiger partial charge in [-0.15, -0.1) is 0 Å². The number of halogens is 2. The van der Waals surface area contributed by atoms with Crippen LogP contribution in [0.5, 0.6) is 0 Å². The molecule has 2 atom stereocenters. The van der Waals surface area contributed by atoms with E-state index in [2.05, 4.69) is 46.7 Å². The molecule has 1 aliphatic heterocycles. The second-order valence-electron chi connectivity index (χ2n) is 7.23. The van der Waals surface area contributed by atoms with Crippen LogP contribution in [-0.4, -0.2) is 18.2 Å². The quantitative estimate of drug-likeness (QED) is 0.699. The van der Waals surface area contributed by atoms with Crippen LogP contribution in [0.2, 0.25) is 0 Å². The van der Waals surface area contributed by atoms with Crippen molar-refractivity contribution in [1.29, 1.82) is 0 Å². The van der Waals surface area contributed by atoms with Gasteiger partial charge in [-0.1, -0.05) is 19.1 Å². The molecule has 0 radical (unpaired) electrons. The number of anilines is 2. The second-order valence-corrected chi connectivity index (χ2v) is 7.64. The predicted molar refractivity (Wildman–Crippen MR) is 111 cm³/mol. The normalized spacial score (nSPS) is 18.1. The highest BCUT2D eigenvalue weighted by atomic mass is 32.1. The lowest BCUT2D eigenvalue weighted by Crippen LogP contribution is -2.34. The first-order valence-electron chi connectivity index (χ1n) is 9.30. The van der Waals surface area contributed by atoms with Crippen molar-refractivity contribution in [3.8, 4) is 0 Å². The van der Waals surface area contributed by atoms with E-state index >= 15 is 0 Å². The fraction of sp³-hybridized carbons (Fsp3) is 0.381. The van der Waals surface area contributed by atoms with E-state index in [1.165, 1.54) is 30.7 Å². The number of nitrogens with zero attached hydrogens (tertiary/aromatic N) is 1. The van der Waals surface area contributed by atoms with E-state index in [0.717, 1.165) is 30.6 Å². The molecule has 1 fully saturated rings. The van der Waals surface area contributed by atoms with Gasteiger partial charge in [0.15, 0.2) is 5.11 Å². The second kappa shape index (κ2) is 8.65. The van der Waals surface area contributed by atoms with Crippen LogP contribution in [0.3, 0.4) is 0 Å². The number of rotatable bonds is 4. The summed E-state index contributed by atoms with van der Waals surface area (Å²) in [6.45, 7) is 6.50. The van der Waals surface area contributed by atoms with Crippen LogP contribution in [0.25, 0.3) is 0 Å². The standard InChI is InChI=1S/C21H25F2N3S/c1-14-4-3-11-26(13-14)18-8-5-16(6-9-18)15(2)24-21(27)25-20-10-7-17(22)12-19(20)23/h5-10,12,14-15H,3-4,11,13H2,1-2H3,(H2,24,25,27). The lowest BCUT2D eigenvalue weighted by atomic mass is 9.99. The van der Waals surface area contributed by atoms with Gasteiger partial charge in [0.1, 0.15) is 11.6 Å². The Balaban J connectivity index is 1.58. The maximum Gasteiger partial charge on any atom is 0.171 e. The smallest absolute Gasteiger partial charge is 0.171 e. The lowest BCUT2D eigenvalue weighted by molar-refractivity contribution is 0.447. The van der Waals surface area contributed by atoms with Gasteiger partial charge in [0.05, 0.1) is 11.7 Å². The molecular weight excluding hydrogens is 364 g/mol. The molecule has 6 heteroatoms.